The maximum absolute atomic E-state index is 5.53. The van der Waals surface area contributed by atoms with Crippen LogP contribution in [0.3, 0.4) is 0 Å². The number of benzene rings is 1. The molecule has 0 amide bonds. The van der Waals surface area contributed by atoms with Crippen LogP contribution >= 0.6 is 27.3 Å². The summed E-state index contributed by atoms with van der Waals surface area (Å²) in [7, 11) is 0. The highest BCUT2D eigenvalue weighted by Crippen LogP contribution is 2.26. The molecule has 0 fully saturated rings. The summed E-state index contributed by atoms with van der Waals surface area (Å²) in [6, 6.07) is 10.9. The van der Waals surface area contributed by atoms with Gasteiger partial charge in [0.25, 0.3) is 0 Å². The van der Waals surface area contributed by atoms with E-state index >= 15 is 0 Å². The van der Waals surface area contributed by atoms with Crippen LogP contribution in [0.5, 0.6) is 5.75 Å². The first-order valence-electron chi connectivity index (χ1n) is 7.01. The molecule has 3 rings (SSSR count). The van der Waals surface area contributed by atoms with Crippen molar-refractivity contribution in [3.63, 3.8) is 0 Å². The zero-order valence-electron chi connectivity index (χ0n) is 11.3. The van der Waals surface area contributed by atoms with E-state index in [-0.39, 0.29) is 0 Å². The molecule has 1 aliphatic rings. The van der Waals surface area contributed by atoms with Crippen molar-refractivity contribution in [3.05, 3.63) is 50.1 Å². The van der Waals surface area contributed by atoms with Crippen LogP contribution in [-0.2, 0) is 19.3 Å². The Kier molecular flexibility index (Phi) is 4.76. The van der Waals surface area contributed by atoms with Crippen molar-refractivity contribution in [2.45, 2.75) is 19.3 Å². The second-order valence-electron chi connectivity index (χ2n) is 5.00. The second-order valence-corrected chi connectivity index (χ2v) is 7.54. The summed E-state index contributed by atoms with van der Waals surface area (Å²) in [6.07, 6.45) is 3.25. The van der Waals surface area contributed by atoms with Gasteiger partial charge in [-0.3, -0.25) is 0 Å². The molecule has 0 bridgehead atoms. The van der Waals surface area contributed by atoms with Crippen molar-refractivity contribution in [1.82, 2.24) is 5.32 Å². The molecule has 0 spiro atoms. The fraction of sp³-hybridized carbons (Fsp3) is 0.375. The Labute approximate surface area is 132 Å². The van der Waals surface area contributed by atoms with Gasteiger partial charge in [0.15, 0.2) is 0 Å². The van der Waals surface area contributed by atoms with Crippen molar-refractivity contribution < 1.29 is 4.74 Å². The van der Waals surface area contributed by atoms with E-state index in [1.54, 1.807) is 0 Å². The van der Waals surface area contributed by atoms with Crippen LogP contribution in [0, 0.1) is 0 Å². The Bertz CT molecular complexity index is 582. The summed E-state index contributed by atoms with van der Waals surface area (Å²) in [4.78, 5) is 1.43. The van der Waals surface area contributed by atoms with Crippen molar-refractivity contribution in [3.8, 4) is 5.75 Å². The molecule has 1 N–H and O–H groups in total. The number of thiophene rings is 1. The van der Waals surface area contributed by atoms with Gasteiger partial charge < -0.3 is 10.1 Å². The molecule has 0 saturated carbocycles. The number of fused-ring (bicyclic) bond motifs is 1. The molecular weight excluding hydrogens is 334 g/mol. The fourth-order valence-corrected chi connectivity index (χ4v) is 3.93. The third-order valence-electron chi connectivity index (χ3n) is 3.52. The van der Waals surface area contributed by atoms with Gasteiger partial charge in [0.1, 0.15) is 5.75 Å². The maximum Gasteiger partial charge on any atom is 0.122 e. The average molecular weight is 352 g/mol. The Hall–Kier alpha value is -0.840. The van der Waals surface area contributed by atoms with Gasteiger partial charge in [-0.2, -0.15) is 0 Å². The van der Waals surface area contributed by atoms with E-state index in [0.29, 0.717) is 0 Å². The molecule has 0 aliphatic carbocycles. The lowest BCUT2D eigenvalue weighted by atomic mass is 10.1. The first-order chi connectivity index (χ1) is 9.81. The summed E-state index contributed by atoms with van der Waals surface area (Å²) in [5.74, 6) is 1.07. The molecule has 1 aromatic heterocycles. The SMILES string of the molecule is Brc1ccc(CCNCCc2ccc3c(c2)CCO3)s1. The van der Waals surface area contributed by atoms with Crippen molar-refractivity contribution in [1.29, 1.82) is 0 Å². The van der Waals surface area contributed by atoms with Crippen LogP contribution in [0.2, 0.25) is 0 Å². The predicted molar refractivity (Wildman–Crippen MR) is 87.9 cm³/mol. The molecule has 1 aliphatic heterocycles. The molecule has 0 radical (unpaired) electrons. The summed E-state index contributed by atoms with van der Waals surface area (Å²) in [5.41, 5.74) is 2.77. The van der Waals surface area contributed by atoms with Crippen LogP contribution in [0.4, 0.5) is 0 Å². The van der Waals surface area contributed by atoms with E-state index < -0.39 is 0 Å². The summed E-state index contributed by atoms with van der Waals surface area (Å²) < 4.78 is 6.74. The summed E-state index contributed by atoms with van der Waals surface area (Å²) >= 11 is 5.32. The average Bonchev–Trinajstić information content (AvgIpc) is 3.06. The third kappa shape index (κ3) is 3.62. The van der Waals surface area contributed by atoms with Crippen LogP contribution in [-0.4, -0.2) is 19.7 Å². The van der Waals surface area contributed by atoms with Crippen LogP contribution in [0.1, 0.15) is 16.0 Å². The van der Waals surface area contributed by atoms with E-state index in [1.807, 2.05) is 11.3 Å². The van der Waals surface area contributed by atoms with Crippen LogP contribution in [0.15, 0.2) is 34.1 Å². The molecule has 0 unspecified atom stereocenters. The van der Waals surface area contributed by atoms with Gasteiger partial charge in [-0.15, -0.1) is 11.3 Å². The first kappa shape index (κ1) is 14.1. The standard InChI is InChI=1S/C16H18BrNOS/c17-16-4-2-14(20-16)6-9-18-8-5-12-1-3-15-13(11-12)7-10-19-15/h1-4,11,18H,5-10H2. The summed E-state index contributed by atoms with van der Waals surface area (Å²) in [5, 5.41) is 3.52. The Balaban J connectivity index is 1.39. The lowest BCUT2D eigenvalue weighted by Gasteiger charge is -2.06. The Morgan fingerprint density at radius 3 is 2.90 bits per heavy atom. The molecule has 106 valence electrons. The highest BCUT2D eigenvalue weighted by Gasteiger charge is 2.11. The van der Waals surface area contributed by atoms with E-state index in [0.717, 1.165) is 44.7 Å². The summed E-state index contributed by atoms with van der Waals surface area (Å²) in [6.45, 7) is 2.92. The van der Waals surface area contributed by atoms with E-state index in [4.69, 9.17) is 4.74 Å². The highest BCUT2D eigenvalue weighted by molar-refractivity contribution is 9.11. The number of rotatable bonds is 6. The maximum atomic E-state index is 5.53. The second kappa shape index (κ2) is 6.74. The zero-order chi connectivity index (χ0) is 13.8. The molecule has 0 saturated heterocycles. The molecule has 2 aromatic rings. The number of hydrogen-bond donors (Lipinski definition) is 1. The monoisotopic (exact) mass is 351 g/mol. The van der Waals surface area contributed by atoms with Gasteiger partial charge in [-0.05, 0) is 71.2 Å². The minimum atomic E-state index is 0.841. The topological polar surface area (TPSA) is 21.3 Å². The molecule has 0 atom stereocenters. The van der Waals surface area contributed by atoms with Crippen molar-refractivity contribution in [2.75, 3.05) is 19.7 Å². The molecular formula is C16H18BrNOS. The predicted octanol–water partition coefficient (Wildman–Crippen LogP) is 3.82. The zero-order valence-corrected chi connectivity index (χ0v) is 13.7. The molecule has 1 aromatic carbocycles. The quantitative estimate of drug-likeness (QED) is 0.798. The van der Waals surface area contributed by atoms with Gasteiger partial charge in [0.05, 0.1) is 10.4 Å². The Morgan fingerprint density at radius 1 is 1.15 bits per heavy atom. The van der Waals surface area contributed by atoms with Gasteiger partial charge in [0, 0.05) is 11.3 Å². The minimum Gasteiger partial charge on any atom is -0.493 e. The van der Waals surface area contributed by atoms with Crippen LogP contribution < -0.4 is 10.1 Å². The number of ether oxygens (including phenoxy) is 1. The smallest absolute Gasteiger partial charge is 0.122 e. The van der Waals surface area contributed by atoms with E-state index in [1.165, 1.54) is 19.8 Å². The third-order valence-corrected chi connectivity index (χ3v) is 5.20. The van der Waals surface area contributed by atoms with Gasteiger partial charge in [-0.25, -0.2) is 0 Å². The van der Waals surface area contributed by atoms with E-state index in [9.17, 15) is 0 Å². The van der Waals surface area contributed by atoms with Gasteiger partial charge in [0.2, 0.25) is 0 Å². The van der Waals surface area contributed by atoms with Crippen LogP contribution in [0.25, 0.3) is 0 Å². The van der Waals surface area contributed by atoms with Gasteiger partial charge >= 0.3 is 0 Å². The Morgan fingerprint density at radius 2 is 2.05 bits per heavy atom. The van der Waals surface area contributed by atoms with Gasteiger partial charge in [-0.1, -0.05) is 12.1 Å². The number of halogens is 1. The lowest BCUT2D eigenvalue weighted by molar-refractivity contribution is 0.357. The van der Waals surface area contributed by atoms with Crippen molar-refractivity contribution >= 4 is 27.3 Å². The largest absolute Gasteiger partial charge is 0.493 e. The van der Waals surface area contributed by atoms with Crippen molar-refractivity contribution in [2.24, 2.45) is 0 Å². The molecule has 4 heteroatoms. The molecule has 20 heavy (non-hydrogen) atoms. The number of hydrogen-bond acceptors (Lipinski definition) is 3. The molecule has 2 nitrogen and oxygen atoms in total. The highest BCUT2D eigenvalue weighted by atomic mass is 79.9. The van der Waals surface area contributed by atoms with E-state index in [2.05, 4.69) is 51.6 Å². The molecule has 2 heterocycles. The first-order valence-corrected chi connectivity index (χ1v) is 8.62. The normalized spacial score (nSPS) is 13.2. The lowest BCUT2D eigenvalue weighted by Crippen LogP contribution is -2.19. The fourth-order valence-electron chi connectivity index (χ4n) is 2.45. The number of nitrogens with one attached hydrogen (secondary N) is 1. The minimum absolute atomic E-state index is 0.841.